The molecule has 1 saturated carbocycles. The van der Waals surface area contributed by atoms with Crippen LogP contribution in [0.15, 0.2) is 47.6 Å². The second kappa shape index (κ2) is 27.3. The molecule has 1 amide bonds. The molecular formula is C53H83NO14. The molecule has 4 aliphatic rings. The smallest absolute Gasteiger partial charge is 0.329 e. The Morgan fingerprint density at radius 1 is 0.838 bits per heavy atom. The number of fused-ring (bicyclic) bond motifs is 3. The fraction of sp³-hybridized carbons (Fsp3) is 0.755. The number of piperidine rings is 1. The molecule has 3 fully saturated rings. The van der Waals surface area contributed by atoms with Crippen molar-refractivity contribution in [2.45, 2.75) is 180 Å². The largest absolute Gasteiger partial charge is 0.460 e. The summed E-state index contributed by atoms with van der Waals surface area (Å²) in [5.41, 5.74) is 1.24. The molecule has 2 saturated heterocycles. The summed E-state index contributed by atoms with van der Waals surface area (Å²) < 4.78 is 35.7. The van der Waals surface area contributed by atoms with Crippen molar-refractivity contribution in [2.24, 2.45) is 35.5 Å². The summed E-state index contributed by atoms with van der Waals surface area (Å²) in [6.45, 7) is 12.8. The number of hydrogen-bond donors (Lipinski definition) is 3. The van der Waals surface area contributed by atoms with Crippen molar-refractivity contribution < 1.29 is 67.7 Å². The summed E-state index contributed by atoms with van der Waals surface area (Å²) in [4.78, 5) is 72.5. The zero-order chi connectivity index (χ0) is 50.3. The Balaban J connectivity index is 1.73. The van der Waals surface area contributed by atoms with Crippen LogP contribution in [0.3, 0.4) is 0 Å². The summed E-state index contributed by atoms with van der Waals surface area (Å²) in [6, 6.07) is -1.16. The highest BCUT2D eigenvalue weighted by Gasteiger charge is 2.55. The van der Waals surface area contributed by atoms with Gasteiger partial charge >= 0.3 is 11.8 Å². The van der Waals surface area contributed by atoms with Crippen LogP contribution >= 0.6 is 0 Å². The lowest BCUT2D eigenvalue weighted by Crippen LogP contribution is -2.62. The number of carbonyl (C=O) groups excluding carboxylic acids is 5. The molecule has 0 aromatic heterocycles. The van der Waals surface area contributed by atoms with Gasteiger partial charge < -0.3 is 48.6 Å². The summed E-state index contributed by atoms with van der Waals surface area (Å²) in [7, 11) is 4.57. The first-order valence-electron chi connectivity index (χ1n) is 25.0. The average molecular weight is 958 g/mol. The summed E-state index contributed by atoms with van der Waals surface area (Å²) in [5.74, 6) is -8.02. The van der Waals surface area contributed by atoms with Gasteiger partial charge in [-0.2, -0.15) is 0 Å². The predicted molar refractivity (Wildman–Crippen MR) is 256 cm³/mol. The molecule has 0 spiro atoms. The number of rotatable bonds is 9. The number of aliphatic hydroxyl groups excluding tert-OH is 2. The lowest BCUT2D eigenvalue weighted by molar-refractivity contribution is -0.231. The minimum absolute atomic E-state index is 0.0112. The molecule has 68 heavy (non-hydrogen) atoms. The third kappa shape index (κ3) is 15.3. The van der Waals surface area contributed by atoms with E-state index in [-0.39, 0.29) is 80.5 Å². The van der Waals surface area contributed by atoms with E-state index in [0.717, 1.165) is 12.0 Å². The van der Waals surface area contributed by atoms with Crippen LogP contribution in [0.5, 0.6) is 0 Å². The molecule has 15 unspecified atom stereocenters. The van der Waals surface area contributed by atoms with E-state index < -0.39 is 77.8 Å². The summed E-state index contributed by atoms with van der Waals surface area (Å²) in [6.07, 6.45) is 11.5. The van der Waals surface area contributed by atoms with Gasteiger partial charge in [0.2, 0.25) is 5.78 Å². The van der Waals surface area contributed by atoms with Crippen LogP contribution in [0, 0.1) is 35.5 Å². The number of Topliss-reactive ketones (excluding diaryl/α,β-unsaturated/α-hetero) is 3. The molecule has 0 radical (unpaired) electrons. The van der Waals surface area contributed by atoms with Gasteiger partial charge in [-0.15, -0.1) is 0 Å². The van der Waals surface area contributed by atoms with Gasteiger partial charge in [-0.25, -0.2) is 4.79 Å². The maximum absolute atomic E-state index is 14.7. The van der Waals surface area contributed by atoms with E-state index in [9.17, 15) is 39.3 Å². The lowest BCUT2D eigenvalue weighted by atomic mass is 9.78. The highest BCUT2D eigenvalue weighted by Crippen LogP contribution is 2.37. The topological polar surface area (TPSA) is 205 Å². The monoisotopic (exact) mass is 958 g/mol. The number of esters is 1. The number of methoxy groups -OCH3 is 3. The highest BCUT2D eigenvalue weighted by molar-refractivity contribution is 6.09. The van der Waals surface area contributed by atoms with Gasteiger partial charge in [-0.3, -0.25) is 19.2 Å². The van der Waals surface area contributed by atoms with E-state index >= 15 is 0 Å². The van der Waals surface area contributed by atoms with Crippen molar-refractivity contribution in [3.05, 3.63) is 47.6 Å². The van der Waals surface area contributed by atoms with Gasteiger partial charge in [0.25, 0.3) is 5.91 Å². The average Bonchev–Trinajstić information content (AvgIpc) is 3.43. The molecule has 0 aromatic rings. The molecule has 1 aliphatic carbocycles. The molecule has 3 aliphatic heterocycles. The highest BCUT2D eigenvalue weighted by atomic mass is 16.6. The van der Waals surface area contributed by atoms with Gasteiger partial charge in [0.05, 0.1) is 37.6 Å². The fourth-order valence-corrected chi connectivity index (χ4v) is 10.5. The third-order valence-corrected chi connectivity index (χ3v) is 14.8. The molecule has 3 heterocycles. The second-order valence-electron chi connectivity index (χ2n) is 20.1. The number of ether oxygens (including phenoxy) is 6. The van der Waals surface area contributed by atoms with E-state index in [1.165, 1.54) is 12.0 Å². The second-order valence-corrected chi connectivity index (χ2v) is 20.1. The van der Waals surface area contributed by atoms with Crippen molar-refractivity contribution in [1.29, 1.82) is 0 Å². The predicted octanol–water partition coefficient (Wildman–Crippen LogP) is 6.20. The molecule has 3 N–H and O–H groups in total. The molecule has 15 atom stereocenters. The molecule has 15 nitrogen and oxygen atoms in total. The quantitative estimate of drug-likeness (QED) is 0.134. The first-order valence-corrected chi connectivity index (χ1v) is 25.0. The maximum Gasteiger partial charge on any atom is 0.329 e. The van der Waals surface area contributed by atoms with Crippen LogP contribution in [-0.4, -0.2) is 145 Å². The molecular weight excluding hydrogens is 875 g/mol. The zero-order valence-electron chi connectivity index (χ0n) is 42.4. The van der Waals surface area contributed by atoms with E-state index in [1.807, 2.05) is 58.1 Å². The summed E-state index contributed by atoms with van der Waals surface area (Å²) in [5, 5.41) is 33.0. The Bertz CT molecular complexity index is 1810. The fourth-order valence-electron chi connectivity index (χ4n) is 10.5. The minimum Gasteiger partial charge on any atom is -0.460 e. The zero-order valence-corrected chi connectivity index (χ0v) is 42.4. The van der Waals surface area contributed by atoms with Crippen molar-refractivity contribution >= 4 is 29.2 Å². The number of allylic oxidation sites excluding steroid dienone is 6. The van der Waals surface area contributed by atoms with Crippen LogP contribution in [0.25, 0.3) is 0 Å². The summed E-state index contributed by atoms with van der Waals surface area (Å²) >= 11 is 0. The standard InChI is InChI=1S/C53H83NO14/c1-32-16-12-11-13-17-33(2)44(63-8)30-40-21-19-34(3)50(59)53(62,68-40)52(61)54-23-15-14-18-41(54)51(60)67-45(36(5)28-39-20-22-43(66-25-24-55)46(29-39)64-9)31-42(56)35(4)27-38(7)48(58)49(65-10)47(57)37(6)26-32/h11-13,16-17,27,32,34-37,39-41,43-46,48-49,55,58,62H,14-15,18-26,28-31H2,1-10H3/b13-11+,16-12-,33-17+,38-27-. The van der Waals surface area contributed by atoms with Crippen LogP contribution in [0.4, 0.5) is 0 Å². The van der Waals surface area contributed by atoms with Crippen LogP contribution in [0.2, 0.25) is 0 Å². The van der Waals surface area contributed by atoms with Crippen LogP contribution < -0.4 is 0 Å². The van der Waals surface area contributed by atoms with E-state index in [4.69, 9.17) is 28.4 Å². The Morgan fingerprint density at radius 3 is 2.25 bits per heavy atom. The van der Waals surface area contributed by atoms with E-state index in [1.54, 1.807) is 41.1 Å². The molecule has 4 rings (SSSR count). The van der Waals surface area contributed by atoms with Crippen molar-refractivity contribution in [2.75, 3.05) is 41.1 Å². The molecule has 384 valence electrons. The first kappa shape index (κ1) is 57.2. The molecule has 0 aromatic carbocycles. The number of aliphatic hydroxyl groups is 3. The number of carbonyl (C=O) groups is 5. The normalized spacial score (nSPS) is 39.2. The third-order valence-electron chi connectivity index (χ3n) is 14.8. The Labute approximate surface area is 405 Å². The number of ketones is 3. The van der Waals surface area contributed by atoms with Gasteiger partial charge in [0.15, 0.2) is 5.78 Å². The number of amides is 1. The number of cyclic esters (lactones) is 1. The van der Waals surface area contributed by atoms with Gasteiger partial charge in [-0.1, -0.05) is 71.1 Å². The number of hydrogen-bond acceptors (Lipinski definition) is 14. The van der Waals surface area contributed by atoms with Crippen LogP contribution in [-0.2, 0) is 52.4 Å². The maximum atomic E-state index is 14.7. The molecule has 15 heteroatoms. The van der Waals surface area contributed by atoms with Gasteiger partial charge in [0.1, 0.15) is 30.1 Å². The van der Waals surface area contributed by atoms with E-state index in [2.05, 4.69) is 0 Å². The Hall–Kier alpha value is -3.41. The van der Waals surface area contributed by atoms with Crippen molar-refractivity contribution in [3.8, 4) is 0 Å². The first-order chi connectivity index (χ1) is 32.3. The van der Waals surface area contributed by atoms with Crippen molar-refractivity contribution in [3.63, 3.8) is 0 Å². The van der Waals surface area contributed by atoms with Crippen molar-refractivity contribution in [1.82, 2.24) is 4.90 Å². The SMILES string of the molecule is COC1CC2CCC(C)C(=O)C(O)(O2)C(=O)N2CCCCC2C(=O)OC(C(C)CC2CCC(OCCO)C(OC)C2)CC(=O)C(C)/C=C(/C)C(O)C(OC)C(=O)C(C)CC(C)\C=C/C=C/C=C/1C. The van der Waals surface area contributed by atoms with Gasteiger partial charge in [0, 0.05) is 58.5 Å². The van der Waals surface area contributed by atoms with Crippen LogP contribution in [0.1, 0.15) is 126 Å². The lowest BCUT2D eigenvalue weighted by Gasteiger charge is -2.40. The Kier molecular flexibility index (Phi) is 22.9. The van der Waals surface area contributed by atoms with E-state index in [0.29, 0.717) is 56.9 Å². The molecule has 2 bridgehead atoms. The van der Waals surface area contributed by atoms with Gasteiger partial charge in [-0.05, 0) is 107 Å². The number of nitrogens with zero attached hydrogens (tertiary/aromatic N) is 1. The Morgan fingerprint density at radius 2 is 1.57 bits per heavy atom. The minimum atomic E-state index is -2.86.